The SMILES string of the molecule is CNC(=O)c1c(-c2ccc(F)cc2)oc2cc(N(C)S(C)=O)c(-c3cc(-c4nc5c(Cl)cccc5o4)c(OC)cc3F)cc12. The molecule has 44 heavy (non-hydrogen) atoms. The number of methoxy groups -OCH3 is 1. The van der Waals surface area contributed by atoms with E-state index in [0.29, 0.717) is 43.9 Å². The molecule has 12 heteroatoms. The topological polar surface area (TPSA) is 97.8 Å². The van der Waals surface area contributed by atoms with Crippen LogP contribution in [0.15, 0.2) is 75.6 Å². The van der Waals surface area contributed by atoms with E-state index in [2.05, 4.69) is 10.3 Å². The van der Waals surface area contributed by atoms with Gasteiger partial charge in [0.25, 0.3) is 5.91 Å². The van der Waals surface area contributed by atoms with Gasteiger partial charge in [-0.15, -0.1) is 0 Å². The average molecular weight is 636 g/mol. The van der Waals surface area contributed by atoms with Crippen LogP contribution in [-0.2, 0) is 11.0 Å². The molecular weight excluding hydrogens is 612 g/mol. The van der Waals surface area contributed by atoms with Crippen molar-refractivity contribution in [2.75, 3.05) is 31.8 Å². The molecule has 0 spiro atoms. The first-order chi connectivity index (χ1) is 21.1. The number of carbonyl (C=O) groups is 1. The van der Waals surface area contributed by atoms with Crippen molar-refractivity contribution in [3.8, 4) is 39.7 Å². The summed E-state index contributed by atoms with van der Waals surface area (Å²) in [6.45, 7) is 0. The van der Waals surface area contributed by atoms with Crippen LogP contribution in [0.1, 0.15) is 10.4 Å². The maximum atomic E-state index is 16.0. The first-order valence-corrected chi connectivity index (χ1v) is 15.1. The van der Waals surface area contributed by atoms with Crippen LogP contribution in [0.4, 0.5) is 14.5 Å². The number of benzene rings is 4. The number of aromatic nitrogens is 1. The Balaban J connectivity index is 1.65. The zero-order valence-electron chi connectivity index (χ0n) is 23.8. The normalized spacial score (nSPS) is 12.1. The standard InChI is InChI=1S/C32H24ClF2N3O5S/c1-36-31(39)28-20-13-19(24(38(2)44(4)40)15-27(20)42-30(28)16-8-10-17(34)11-9-16)18-12-21(26(41-3)14-23(18)35)32-37-29-22(33)6-5-7-25(29)43-32/h5-15H,1-4H3,(H,36,39). The van der Waals surface area contributed by atoms with Crippen molar-refractivity contribution in [3.63, 3.8) is 0 Å². The number of nitrogens with one attached hydrogen (secondary N) is 1. The van der Waals surface area contributed by atoms with Crippen molar-refractivity contribution in [1.82, 2.24) is 10.3 Å². The van der Waals surface area contributed by atoms with Gasteiger partial charge in [-0.25, -0.2) is 18.0 Å². The number of halogens is 3. The van der Waals surface area contributed by atoms with Crippen molar-refractivity contribution in [3.05, 3.63) is 89.0 Å². The Morgan fingerprint density at radius 2 is 1.75 bits per heavy atom. The molecule has 0 aliphatic heterocycles. The highest BCUT2D eigenvalue weighted by Gasteiger charge is 2.27. The third kappa shape index (κ3) is 4.97. The molecule has 0 radical (unpaired) electrons. The molecule has 0 saturated heterocycles. The Morgan fingerprint density at radius 3 is 2.41 bits per heavy atom. The quantitative estimate of drug-likeness (QED) is 0.194. The number of hydrogen-bond donors (Lipinski definition) is 1. The molecule has 8 nitrogen and oxygen atoms in total. The van der Waals surface area contributed by atoms with Crippen LogP contribution in [0.2, 0.25) is 5.02 Å². The highest BCUT2D eigenvalue weighted by molar-refractivity contribution is 7.85. The first-order valence-electron chi connectivity index (χ1n) is 13.2. The van der Waals surface area contributed by atoms with E-state index in [-0.39, 0.29) is 34.1 Å². The van der Waals surface area contributed by atoms with Gasteiger partial charge >= 0.3 is 0 Å². The van der Waals surface area contributed by atoms with Gasteiger partial charge in [0.15, 0.2) is 5.58 Å². The van der Waals surface area contributed by atoms with Gasteiger partial charge in [-0.3, -0.25) is 9.10 Å². The molecule has 0 fully saturated rings. The molecule has 1 amide bonds. The Morgan fingerprint density at radius 1 is 1.00 bits per heavy atom. The van der Waals surface area contributed by atoms with Crippen LogP contribution in [0, 0.1) is 11.6 Å². The number of amides is 1. The number of anilines is 1. The average Bonchev–Trinajstić information content (AvgIpc) is 3.62. The molecule has 0 aliphatic carbocycles. The third-order valence-corrected chi connectivity index (χ3v) is 8.54. The highest BCUT2D eigenvalue weighted by Crippen LogP contribution is 2.44. The fourth-order valence-electron chi connectivity index (χ4n) is 5.03. The molecule has 0 aliphatic rings. The number of fused-ring (bicyclic) bond motifs is 2. The van der Waals surface area contributed by atoms with Gasteiger partial charge in [0.05, 0.1) is 28.9 Å². The molecule has 6 aromatic rings. The molecular formula is C32H24ClF2N3O5S. The van der Waals surface area contributed by atoms with Crippen molar-refractivity contribution < 1.29 is 31.4 Å². The largest absolute Gasteiger partial charge is 0.496 e. The minimum Gasteiger partial charge on any atom is -0.496 e. The number of rotatable bonds is 7. The van der Waals surface area contributed by atoms with Crippen LogP contribution >= 0.6 is 11.6 Å². The number of oxazole rings is 1. The summed E-state index contributed by atoms with van der Waals surface area (Å²) in [6, 6.07) is 16.5. The van der Waals surface area contributed by atoms with E-state index in [1.165, 1.54) is 61.1 Å². The Kier molecular flexibility index (Phi) is 7.60. The molecule has 1 unspecified atom stereocenters. The molecule has 0 bridgehead atoms. The van der Waals surface area contributed by atoms with E-state index in [9.17, 15) is 13.4 Å². The maximum Gasteiger partial charge on any atom is 0.255 e. The second-order valence-electron chi connectivity index (χ2n) is 9.82. The van der Waals surface area contributed by atoms with E-state index < -0.39 is 28.5 Å². The number of nitrogens with zero attached hydrogens (tertiary/aromatic N) is 2. The van der Waals surface area contributed by atoms with E-state index in [0.717, 1.165) is 0 Å². The second-order valence-corrected chi connectivity index (χ2v) is 11.6. The number of para-hydroxylation sites is 1. The van der Waals surface area contributed by atoms with E-state index in [4.69, 9.17) is 25.2 Å². The van der Waals surface area contributed by atoms with Gasteiger partial charge in [-0.05, 0) is 48.5 Å². The van der Waals surface area contributed by atoms with Crippen LogP contribution in [0.5, 0.6) is 5.75 Å². The predicted molar refractivity (Wildman–Crippen MR) is 167 cm³/mol. The number of furan rings is 1. The predicted octanol–water partition coefficient (Wildman–Crippen LogP) is 7.60. The molecule has 4 aromatic carbocycles. The summed E-state index contributed by atoms with van der Waals surface area (Å²) in [4.78, 5) is 17.7. The van der Waals surface area contributed by atoms with Crippen molar-refractivity contribution >= 4 is 56.3 Å². The lowest BCUT2D eigenvalue weighted by Crippen LogP contribution is -2.20. The van der Waals surface area contributed by atoms with Gasteiger partial charge in [0.1, 0.15) is 45.2 Å². The van der Waals surface area contributed by atoms with Crippen molar-refractivity contribution in [1.29, 1.82) is 0 Å². The first kappa shape index (κ1) is 29.3. The Labute approximate surface area is 257 Å². The summed E-state index contributed by atoms with van der Waals surface area (Å²) in [5, 5.41) is 3.37. The van der Waals surface area contributed by atoms with Gasteiger partial charge in [0.2, 0.25) is 5.89 Å². The fraction of sp³-hybridized carbons (Fsp3) is 0.125. The molecule has 1 N–H and O–H groups in total. The zero-order valence-corrected chi connectivity index (χ0v) is 25.4. The minimum atomic E-state index is -1.52. The number of ether oxygens (including phenoxy) is 1. The highest BCUT2D eigenvalue weighted by atomic mass is 35.5. The number of hydrogen-bond acceptors (Lipinski definition) is 6. The van der Waals surface area contributed by atoms with Crippen LogP contribution in [-0.4, -0.2) is 42.6 Å². The van der Waals surface area contributed by atoms with Crippen LogP contribution < -0.4 is 14.4 Å². The van der Waals surface area contributed by atoms with Gasteiger partial charge in [0, 0.05) is 54.6 Å². The molecule has 0 saturated carbocycles. The van der Waals surface area contributed by atoms with Crippen LogP contribution in [0.3, 0.4) is 0 Å². The molecule has 224 valence electrons. The second kappa shape index (κ2) is 11.4. The smallest absolute Gasteiger partial charge is 0.255 e. The lowest BCUT2D eigenvalue weighted by molar-refractivity contribution is 0.0964. The summed E-state index contributed by atoms with van der Waals surface area (Å²) in [5.74, 6) is -1.06. The Hall–Kier alpha value is -4.74. The zero-order chi connectivity index (χ0) is 31.3. The van der Waals surface area contributed by atoms with Crippen molar-refractivity contribution in [2.45, 2.75) is 0 Å². The van der Waals surface area contributed by atoms with Crippen LogP contribution in [0.25, 0.3) is 56.0 Å². The van der Waals surface area contributed by atoms with Gasteiger partial charge < -0.3 is 18.9 Å². The summed E-state index contributed by atoms with van der Waals surface area (Å²) in [6.07, 6.45) is 1.48. The molecule has 6 rings (SSSR count). The molecule has 1 atom stereocenters. The molecule has 2 aromatic heterocycles. The fourth-order valence-corrected chi connectivity index (χ4v) is 5.67. The van der Waals surface area contributed by atoms with E-state index >= 15 is 4.39 Å². The minimum absolute atomic E-state index is 0.0933. The maximum absolute atomic E-state index is 16.0. The summed E-state index contributed by atoms with van der Waals surface area (Å²) < 4.78 is 61.5. The summed E-state index contributed by atoms with van der Waals surface area (Å²) in [5.41, 5.74) is 2.88. The molecule has 2 heterocycles. The third-order valence-electron chi connectivity index (χ3n) is 7.27. The monoisotopic (exact) mass is 635 g/mol. The van der Waals surface area contributed by atoms with Crippen molar-refractivity contribution in [2.24, 2.45) is 0 Å². The lowest BCUT2D eigenvalue weighted by Gasteiger charge is -2.21. The van der Waals surface area contributed by atoms with E-state index in [1.807, 2.05) is 0 Å². The van der Waals surface area contributed by atoms with E-state index in [1.54, 1.807) is 37.4 Å². The van der Waals surface area contributed by atoms with Gasteiger partial charge in [-0.1, -0.05) is 17.7 Å². The number of carbonyl (C=O) groups excluding carboxylic acids is 1. The Bertz CT molecular complexity index is 2110. The van der Waals surface area contributed by atoms with Gasteiger partial charge in [-0.2, -0.15) is 0 Å². The summed E-state index contributed by atoms with van der Waals surface area (Å²) >= 11 is 6.32. The summed E-state index contributed by atoms with van der Waals surface area (Å²) in [7, 11) is 2.94. The lowest BCUT2D eigenvalue weighted by atomic mass is 9.96.